The van der Waals surface area contributed by atoms with Gasteiger partial charge in [0.1, 0.15) is 11.6 Å². The van der Waals surface area contributed by atoms with Crippen molar-refractivity contribution < 1.29 is 53.9 Å². The van der Waals surface area contributed by atoms with Gasteiger partial charge in [-0.2, -0.15) is 0 Å². The van der Waals surface area contributed by atoms with Gasteiger partial charge in [0.2, 0.25) is 17.6 Å². The normalized spacial score (nSPS) is 34.9. The topological polar surface area (TPSA) is 217 Å². The van der Waals surface area contributed by atoms with Gasteiger partial charge in [-0.1, -0.05) is 33.3 Å². The molecule has 0 radical (unpaired) electrons. The number of hydrogen-bond donors (Lipinski definition) is 6. The third-order valence-electron chi connectivity index (χ3n) is 11.7. The maximum absolute atomic E-state index is 13.5. The number of hydrogen-bond acceptors (Lipinski definition) is 10. The molecule has 0 aliphatic heterocycles. The second kappa shape index (κ2) is 13.8. The van der Waals surface area contributed by atoms with Crippen molar-refractivity contribution in [1.82, 2.24) is 10.6 Å². The summed E-state index contributed by atoms with van der Waals surface area (Å²) in [5.74, 6) is -4.79. The van der Waals surface area contributed by atoms with Crippen molar-refractivity contribution in [2.24, 2.45) is 34.5 Å². The molecule has 4 rings (SSSR count). The summed E-state index contributed by atoms with van der Waals surface area (Å²) in [5, 5.41) is 46.9. The minimum Gasteiger partial charge on any atom is -0.480 e. The van der Waals surface area contributed by atoms with Gasteiger partial charge < -0.3 is 35.8 Å². The van der Waals surface area contributed by atoms with E-state index in [9.17, 15) is 49.2 Å². The van der Waals surface area contributed by atoms with E-state index >= 15 is 0 Å². The number of esters is 1. The third kappa shape index (κ3) is 6.89. The smallest absolute Gasteiger partial charge is 0.328 e. The van der Waals surface area contributed by atoms with E-state index in [1.807, 2.05) is 6.92 Å². The number of aliphatic carboxylic acids is 1. The Morgan fingerprint density at radius 2 is 1.68 bits per heavy atom. The zero-order chi connectivity index (χ0) is 35.1. The van der Waals surface area contributed by atoms with Crippen LogP contribution in [0.4, 0.5) is 0 Å². The van der Waals surface area contributed by atoms with Crippen LogP contribution >= 0.6 is 0 Å². The number of ether oxygens (including phenoxy) is 1. The number of carbonyl (C=O) groups is 6. The van der Waals surface area contributed by atoms with E-state index in [4.69, 9.17) is 4.74 Å². The molecule has 2 amide bonds. The summed E-state index contributed by atoms with van der Waals surface area (Å²) in [5.41, 5.74) is -1.95. The number of aliphatic hydroxyl groups is 3. The first kappa shape index (κ1) is 36.7. The van der Waals surface area contributed by atoms with Gasteiger partial charge in [0, 0.05) is 18.3 Å². The van der Waals surface area contributed by atoms with Crippen molar-refractivity contribution in [2.75, 3.05) is 6.61 Å². The lowest BCUT2D eigenvalue weighted by atomic mass is 9.45. The van der Waals surface area contributed by atoms with Crippen LogP contribution in [0.3, 0.4) is 0 Å². The molecule has 3 saturated carbocycles. The van der Waals surface area contributed by atoms with Crippen LogP contribution in [-0.4, -0.2) is 92.2 Å². The number of fused-ring (bicyclic) bond motifs is 5. The fourth-order valence-corrected chi connectivity index (χ4v) is 9.12. The molecule has 0 unspecified atom stereocenters. The summed E-state index contributed by atoms with van der Waals surface area (Å²) in [6.07, 6.45) is 2.42. The summed E-state index contributed by atoms with van der Waals surface area (Å²) in [6.45, 7) is 7.75. The van der Waals surface area contributed by atoms with Gasteiger partial charge in [-0.25, -0.2) is 4.79 Å². The van der Waals surface area contributed by atoms with Gasteiger partial charge in [0.05, 0.1) is 18.6 Å². The molecule has 0 aromatic rings. The van der Waals surface area contributed by atoms with Crippen LogP contribution in [0, 0.1) is 34.5 Å². The Kier molecular flexibility index (Phi) is 10.7. The Morgan fingerprint density at radius 3 is 2.30 bits per heavy atom. The van der Waals surface area contributed by atoms with E-state index < -0.39 is 83.8 Å². The standard InChI is InChI=1S/C34H50N2O11/c1-17(2)28(30(43)36-29(18(3)37)31(44)45)35-25(41)8-9-26(42)47-16-24(40)34(46)13-11-22-21-7-6-19-14-20(38)10-12-32(19,4)27(21)23(39)15-33(22,34)5/h14,17-18,21-23,27-29,37,39,46H,6-13,15-16H2,1-5H3,(H,35,41)(H,36,43)(H,44,45)/t18-,21-,22-,23-,27+,28-,29+,32-,33-,34-/m0/s1. The van der Waals surface area contributed by atoms with Crippen LogP contribution in [0.5, 0.6) is 0 Å². The molecule has 4 aliphatic rings. The maximum atomic E-state index is 13.5. The van der Waals surface area contributed by atoms with Crippen LogP contribution < -0.4 is 10.6 Å². The number of carbonyl (C=O) groups excluding carboxylic acids is 5. The predicted octanol–water partition coefficient (Wildman–Crippen LogP) is 1.20. The van der Waals surface area contributed by atoms with Crippen LogP contribution in [0.1, 0.15) is 92.4 Å². The Hall–Kier alpha value is -3.16. The highest BCUT2D eigenvalue weighted by Gasteiger charge is 2.68. The van der Waals surface area contributed by atoms with Gasteiger partial charge in [-0.15, -0.1) is 0 Å². The minimum atomic E-state index is -1.81. The van der Waals surface area contributed by atoms with Gasteiger partial charge in [0.25, 0.3) is 0 Å². The first-order valence-corrected chi connectivity index (χ1v) is 16.7. The monoisotopic (exact) mass is 662 g/mol. The second-order valence-corrected chi connectivity index (χ2v) is 14.9. The number of amides is 2. The fraction of sp³-hybridized carbons (Fsp3) is 0.765. The fourth-order valence-electron chi connectivity index (χ4n) is 9.12. The van der Waals surface area contributed by atoms with Crippen molar-refractivity contribution in [3.8, 4) is 0 Å². The number of ketones is 2. The highest BCUT2D eigenvalue weighted by atomic mass is 16.5. The maximum Gasteiger partial charge on any atom is 0.328 e. The highest BCUT2D eigenvalue weighted by molar-refractivity contribution is 5.93. The summed E-state index contributed by atoms with van der Waals surface area (Å²) in [4.78, 5) is 74.7. The Balaban J connectivity index is 1.32. The number of allylic oxidation sites excluding steroid dienone is 1. The molecule has 0 aromatic carbocycles. The van der Waals surface area contributed by atoms with Crippen molar-refractivity contribution in [2.45, 2.75) is 122 Å². The summed E-state index contributed by atoms with van der Waals surface area (Å²) < 4.78 is 5.19. The lowest BCUT2D eigenvalue weighted by molar-refractivity contribution is -0.184. The summed E-state index contributed by atoms with van der Waals surface area (Å²) >= 11 is 0. The molecule has 262 valence electrons. The Labute approximate surface area is 274 Å². The molecule has 0 bridgehead atoms. The van der Waals surface area contributed by atoms with Crippen molar-refractivity contribution in [1.29, 1.82) is 0 Å². The van der Waals surface area contributed by atoms with Crippen LogP contribution in [-0.2, 0) is 33.5 Å². The molecule has 0 heterocycles. The molecular weight excluding hydrogens is 612 g/mol. The molecule has 4 aliphatic carbocycles. The zero-order valence-electron chi connectivity index (χ0n) is 27.9. The quantitative estimate of drug-likeness (QED) is 0.163. The number of aliphatic hydroxyl groups excluding tert-OH is 2. The number of rotatable bonds is 12. The SMILES string of the molecule is CC(C)[C@H](NC(=O)CCC(=O)OCC(=O)[C@@]1(O)CC[C@H]2[C@@H]3CCC4=CC(=O)CC[C@]4(C)[C@H]3[C@@H](O)C[C@@]21C)C(=O)N[C@@H](C(=O)O)[C@H](C)O. The molecule has 47 heavy (non-hydrogen) atoms. The molecular formula is C34H50N2O11. The van der Waals surface area contributed by atoms with Crippen LogP contribution in [0.25, 0.3) is 0 Å². The number of carboxylic acid groups (broad SMARTS) is 1. The van der Waals surface area contributed by atoms with Gasteiger partial charge in [-0.3, -0.25) is 24.0 Å². The van der Waals surface area contributed by atoms with Gasteiger partial charge in [-0.05, 0) is 80.6 Å². The van der Waals surface area contributed by atoms with Crippen molar-refractivity contribution in [3.63, 3.8) is 0 Å². The lowest BCUT2D eigenvalue weighted by Crippen LogP contribution is -2.62. The minimum absolute atomic E-state index is 0.0299. The van der Waals surface area contributed by atoms with E-state index in [2.05, 4.69) is 17.6 Å². The van der Waals surface area contributed by atoms with Gasteiger partial charge in [0.15, 0.2) is 18.4 Å². The zero-order valence-corrected chi connectivity index (χ0v) is 27.9. The Morgan fingerprint density at radius 1 is 1.00 bits per heavy atom. The molecule has 10 atom stereocenters. The molecule has 3 fully saturated rings. The average molecular weight is 663 g/mol. The summed E-state index contributed by atoms with van der Waals surface area (Å²) in [6, 6.07) is -2.70. The van der Waals surface area contributed by atoms with E-state index in [-0.39, 0.29) is 48.2 Å². The van der Waals surface area contributed by atoms with Crippen LogP contribution in [0.2, 0.25) is 0 Å². The first-order chi connectivity index (χ1) is 21.9. The van der Waals surface area contributed by atoms with Gasteiger partial charge >= 0.3 is 11.9 Å². The van der Waals surface area contributed by atoms with E-state index in [1.54, 1.807) is 19.9 Å². The van der Waals surface area contributed by atoms with Crippen LogP contribution in [0.15, 0.2) is 11.6 Å². The van der Waals surface area contributed by atoms with E-state index in [0.717, 1.165) is 18.4 Å². The molecule has 0 aromatic heterocycles. The predicted molar refractivity (Wildman–Crippen MR) is 166 cm³/mol. The summed E-state index contributed by atoms with van der Waals surface area (Å²) in [7, 11) is 0. The number of Topliss-reactive ketones (excluding diaryl/α,β-unsaturated/α-hetero) is 1. The largest absolute Gasteiger partial charge is 0.480 e. The number of nitrogens with one attached hydrogen (secondary N) is 2. The Bertz CT molecular complexity index is 1330. The lowest BCUT2D eigenvalue weighted by Gasteiger charge is -2.60. The molecule has 0 spiro atoms. The first-order valence-electron chi connectivity index (χ1n) is 16.7. The molecule has 6 N–H and O–H groups in total. The second-order valence-electron chi connectivity index (χ2n) is 14.9. The van der Waals surface area contributed by atoms with Crippen molar-refractivity contribution >= 4 is 35.3 Å². The number of carboxylic acids is 1. The van der Waals surface area contributed by atoms with E-state index in [0.29, 0.717) is 19.3 Å². The van der Waals surface area contributed by atoms with E-state index in [1.165, 1.54) is 6.92 Å². The molecule has 13 heteroatoms. The third-order valence-corrected chi connectivity index (χ3v) is 11.7. The highest BCUT2D eigenvalue weighted by Crippen LogP contribution is 2.67. The molecule has 13 nitrogen and oxygen atoms in total. The van der Waals surface area contributed by atoms with Crippen molar-refractivity contribution in [3.05, 3.63) is 11.6 Å². The average Bonchev–Trinajstić information content (AvgIpc) is 3.26. The molecule has 0 saturated heterocycles.